The summed E-state index contributed by atoms with van der Waals surface area (Å²) in [7, 11) is 0. The molecule has 7 nitrogen and oxygen atoms in total. The number of hydrogen-bond acceptors (Lipinski definition) is 6. The van der Waals surface area contributed by atoms with E-state index in [9.17, 15) is 4.79 Å². The molecule has 1 fully saturated rings. The van der Waals surface area contributed by atoms with Crippen LogP contribution in [0.5, 0.6) is 11.5 Å². The third-order valence-electron chi connectivity index (χ3n) is 5.49. The van der Waals surface area contributed by atoms with Gasteiger partial charge in [-0.1, -0.05) is 41.0 Å². The number of carboxylic acid groups (broad SMARTS) is 1. The van der Waals surface area contributed by atoms with Crippen LogP contribution < -0.4 is 4.74 Å². The first-order valence-electron chi connectivity index (χ1n) is 10.5. The highest BCUT2D eigenvalue weighted by molar-refractivity contribution is 6.33. The Bertz CT molecular complexity index is 1270. The Hall–Kier alpha value is -3.68. The lowest BCUT2D eigenvalue weighted by molar-refractivity contribution is -0.147. The molecule has 33 heavy (non-hydrogen) atoms. The standard InChI is InChI=1S/C25H20ClN3O4/c26-22-12-16(13-29-14-18(15-29)25(30)31)6-11-21(22)23-27-24(33-28-23)17-7-9-20(10-8-17)32-19-4-2-1-3-5-19/h1-12,18H,13-15H2,(H,30,31). The normalized spacial score (nSPS) is 14.1. The fraction of sp³-hybridized carbons (Fsp3) is 0.160. The predicted octanol–water partition coefficient (Wildman–Crippen LogP) is 5.37. The monoisotopic (exact) mass is 461 g/mol. The maximum Gasteiger partial charge on any atom is 0.309 e. The van der Waals surface area contributed by atoms with E-state index in [1.807, 2.05) is 72.8 Å². The van der Waals surface area contributed by atoms with Crippen LogP contribution in [0, 0.1) is 5.92 Å². The van der Waals surface area contributed by atoms with Crippen LogP contribution in [0.25, 0.3) is 22.8 Å². The molecule has 8 heteroatoms. The second-order valence-electron chi connectivity index (χ2n) is 7.91. The van der Waals surface area contributed by atoms with Crippen LogP contribution in [-0.2, 0) is 11.3 Å². The van der Waals surface area contributed by atoms with Crippen LogP contribution in [0.4, 0.5) is 0 Å². The molecular weight excluding hydrogens is 442 g/mol. The number of ether oxygens (including phenoxy) is 1. The van der Waals surface area contributed by atoms with Gasteiger partial charge in [0.1, 0.15) is 11.5 Å². The highest BCUT2D eigenvalue weighted by Crippen LogP contribution is 2.31. The first kappa shape index (κ1) is 21.2. The van der Waals surface area contributed by atoms with Gasteiger partial charge in [-0.2, -0.15) is 4.98 Å². The molecule has 5 rings (SSSR count). The maximum absolute atomic E-state index is 11.0. The van der Waals surface area contributed by atoms with Crippen molar-refractivity contribution in [2.24, 2.45) is 5.92 Å². The van der Waals surface area contributed by atoms with Crippen LogP contribution >= 0.6 is 11.6 Å². The lowest BCUT2D eigenvalue weighted by Crippen LogP contribution is -2.49. The first-order chi connectivity index (χ1) is 16.0. The third kappa shape index (κ3) is 4.74. The zero-order chi connectivity index (χ0) is 22.8. The maximum atomic E-state index is 11.0. The smallest absolute Gasteiger partial charge is 0.309 e. The Kier molecular flexibility index (Phi) is 5.81. The Morgan fingerprint density at radius 2 is 1.79 bits per heavy atom. The first-order valence-corrected chi connectivity index (χ1v) is 10.8. The number of para-hydroxylation sites is 1. The van der Waals surface area contributed by atoms with E-state index in [0.717, 1.165) is 16.9 Å². The van der Waals surface area contributed by atoms with Crippen molar-refractivity contribution in [3.8, 4) is 34.3 Å². The van der Waals surface area contributed by atoms with Gasteiger partial charge in [-0.15, -0.1) is 0 Å². The quantitative estimate of drug-likeness (QED) is 0.396. The highest BCUT2D eigenvalue weighted by atomic mass is 35.5. The van der Waals surface area contributed by atoms with E-state index in [0.29, 0.717) is 47.7 Å². The molecular formula is C25H20ClN3O4. The molecule has 4 aromatic rings. The number of hydrogen-bond donors (Lipinski definition) is 1. The summed E-state index contributed by atoms with van der Waals surface area (Å²) < 4.78 is 11.3. The summed E-state index contributed by atoms with van der Waals surface area (Å²) in [6, 6.07) is 22.6. The molecule has 0 bridgehead atoms. The summed E-state index contributed by atoms with van der Waals surface area (Å²) >= 11 is 6.49. The molecule has 1 saturated heterocycles. The number of aromatic nitrogens is 2. The molecule has 0 amide bonds. The van der Waals surface area contributed by atoms with Crippen LogP contribution in [0.3, 0.4) is 0 Å². The van der Waals surface area contributed by atoms with E-state index < -0.39 is 5.97 Å². The molecule has 0 aliphatic carbocycles. The second kappa shape index (κ2) is 9.05. The van der Waals surface area contributed by atoms with Crippen molar-refractivity contribution in [1.29, 1.82) is 0 Å². The number of carbonyl (C=O) groups is 1. The van der Waals surface area contributed by atoms with Crippen molar-refractivity contribution < 1.29 is 19.2 Å². The lowest BCUT2D eigenvalue weighted by Gasteiger charge is -2.36. The topological polar surface area (TPSA) is 88.7 Å². The van der Waals surface area contributed by atoms with Crippen LogP contribution in [0.2, 0.25) is 5.02 Å². The largest absolute Gasteiger partial charge is 0.481 e. The number of rotatable bonds is 7. The van der Waals surface area contributed by atoms with E-state index in [2.05, 4.69) is 15.0 Å². The van der Waals surface area contributed by atoms with Gasteiger partial charge in [0.2, 0.25) is 5.82 Å². The number of likely N-dealkylation sites (tertiary alicyclic amines) is 1. The Balaban J connectivity index is 1.26. The van der Waals surface area contributed by atoms with Crippen molar-refractivity contribution in [3.63, 3.8) is 0 Å². The molecule has 0 unspecified atom stereocenters. The van der Waals surface area contributed by atoms with E-state index >= 15 is 0 Å². The zero-order valence-electron chi connectivity index (χ0n) is 17.5. The molecule has 0 spiro atoms. The van der Waals surface area contributed by atoms with Gasteiger partial charge in [-0.05, 0) is 54.1 Å². The second-order valence-corrected chi connectivity index (χ2v) is 8.31. The summed E-state index contributed by atoms with van der Waals surface area (Å²) in [6.07, 6.45) is 0. The molecule has 1 aromatic heterocycles. The lowest BCUT2D eigenvalue weighted by atomic mass is 9.99. The number of carboxylic acids is 1. The van der Waals surface area contributed by atoms with E-state index in [1.54, 1.807) is 0 Å². The van der Waals surface area contributed by atoms with E-state index in [4.69, 9.17) is 26.0 Å². The van der Waals surface area contributed by atoms with E-state index in [-0.39, 0.29) is 5.92 Å². The number of aliphatic carboxylic acids is 1. The molecule has 1 N–H and O–H groups in total. The van der Waals surface area contributed by atoms with Gasteiger partial charge in [0.05, 0.1) is 10.9 Å². The van der Waals surface area contributed by atoms with Gasteiger partial charge in [-0.25, -0.2) is 0 Å². The van der Waals surface area contributed by atoms with Crippen LogP contribution in [-0.4, -0.2) is 39.2 Å². The minimum Gasteiger partial charge on any atom is -0.481 e. The summed E-state index contributed by atoms with van der Waals surface area (Å²) in [5, 5.41) is 13.6. The Morgan fingerprint density at radius 1 is 1.06 bits per heavy atom. The fourth-order valence-corrected chi connectivity index (χ4v) is 3.98. The Labute approximate surface area is 195 Å². The predicted molar refractivity (Wildman–Crippen MR) is 123 cm³/mol. The summed E-state index contributed by atoms with van der Waals surface area (Å²) in [4.78, 5) is 17.5. The van der Waals surface area contributed by atoms with Gasteiger partial charge >= 0.3 is 5.97 Å². The van der Waals surface area contributed by atoms with Crippen LogP contribution in [0.15, 0.2) is 77.3 Å². The molecule has 0 atom stereocenters. The summed E-state index contributed by atoms with van der Waals surface area (Å²) in [6.45, 7) is 1.76. The summed E-state index contributed by atoms with van der Waals surface area (Å²) in [5.74, 6) is 1.24. The average molecular weight is 462 g/mol. The van der Waals surface area contributed by atoms with Gasteiger partial charge in [0.25, 0.3) is 5.89 Å². The van der Waals surface area contributed by atoms with Gasteiger partial charge in [-0.3, -0.25) is 9.69 Å². The molecule has 1 aliphatic heterocycles. The third-order valence-corrected chi connectivity index (χ3v) is 5.81. The van der Waals surface area contributed by atoms with Crippen molar-refractivity contribution in [3.05, 3.63) is 83.4 Å². The minimum absolute atomic E-state index is 0.281. The van der Waals surface area contributed by atoms with Gasteiger partial charge < -0.3 is 14.4 Å². The minimum atomic E-state index is -0.745. The number of benzene rings is 3. The van der Waals surface area contributed by atoms with Crippen molar-refractivity contribution in [2.75, 3.05) is 13.1 Å². The highest BCUT2D eigenvalue weighted by Gasteiger charge is 2.32. The molecule has 3 aromatic carbocycles. The molecule has 166 valence electrons. The molecule has 1 aliphatic rings. The van der Waals surface area contributed by atoms with Crippen molar-refractivity contribution >= 4 is 17.6 Å². The van der Waals surface area contributed by atoms with Crippen LogP contribution in [0.1, 0.15) is 5.56 Å². The fourth-order valence-electron chi connectivity index (χ4n) is 3.69. The molecule has 2 heterocycles. The molecule has 0 saturated carbocycles. The van der Waals surface area contributed by atoms with Gasteiger partial charge in [0, 0.05) is 30.8 Å². The molecule has 0 radical (unpaired) electrons. The van der Waals surface area contributed by atoms with Gasteiger partial charge in [0.15, 0.2) is 0 Å². The SMILES string of the molecule is O=C(O)C1CN(Cc2ccc(-c3noc(-c4ccc(Oc5ccccc5)cc4)n3)c(Cl)c2)C1. The Morgan fingerprint density at radius 3 is 2.48 bits per heavy atom. The average Bonchev–Trinajstić information content (AvgIpc) is 3.27. The van der Waals surface area contributed by atoms with Crippen molar-refractivity contribution in [2.45, 2.75) is 6.54 Å². The van der Waals surface area contributed by atoms with Crippen molar-refractivity contribution in [1.82, 2.24) is 15.0 Å². The van der Waals surface area contributed by atoms with E-state index in [1.165, 1.54) is 0 Å². The number of nitrogens with zero attached hydrogens (tertiary/aromatic N) is 3. The number of halogens is 1. The summed E-state index contributed by atoms with van der Waals surface area (Å²) in [5.41, 5.74) is 2.45. The zero-order valence-corrected chi connectivity index (χ0v) is 18.3.